The molecule has 9 heteroatoms. The van der Waals surface area contributed by atoms with Crippen LogP contribution in [0.2, 0.25) is 0 Å². The summed E-state index contributed by atoms with van der Waals surface area (Å²) in [5.74, 6) is -1.72. The lowest BCUT2D eigenvalue weighted by molar-refractivity contribution is -0.123. The summed E-state index contributed by atoms with van der Waals surface area (Å²) in [4.78, 5) is 33.3. The number of hydrogen-bond acceptors (Lipinski definition) is 6. The van der Waals surface area contributed by atoms with Gasteiger partial charge >= 0.3 is 7.12 Å². The minimum Gasteiger partial charge on any atom is -0.426 e. The van der Waals surface area contributed by atoms with Crippen LogP contribution in [0, 0.1) is 12.8 Å². The lowest BCUT2D eigenvalue weighted by Crippen LogP contribution is -2.55. The second-order valence-corrected chi connectivity index (χ2v) is 7.41. The molecule has 0 saturated carbocycles. The molecule has 0 aliphatic carbocycles. The summed E-state index contributed by atoms with van der Waals surface area (Å²) >= 11 is 0. The molecule has 4 N–H and O–H groups in total. The minimum atomic E-state index is -1.70. The van der Waals surface area contributed by atoms with E-state index in [9.17, 15) is 19.6 Å². The summed E-state index contributed by atoms with van der Waals surface area (Å²) in [6.07, 6.45) is 4.80. The fourth-order valence-corrected chi connectivity index (χ4v) is 2.96. The summed E-state index contributed by atoms with van der Waals surface area (Å²) in [6, 6.07) is 6.65. The number of rotatable bonds is 9. The van der Waals surface area contributed by atoms with Crippen molar-refractivity contribution in [1.29, 1.82) is 0 Å². The van der Waals surface area contributed by atoms with Gasteiger partial charge in [0, 0.05) is 18.8 Å². The summed E-state index contributed by atoms with van der Waals surface area (Å²) in [5.41, 5.74) is 1.98. The molecule has 154 valence electrons. The van der Waals surface area contributed by atoms with E-state index in [0.29, 0.717) is 6.42 Å². The first-order valence-corrected chi connectivity index (χ1v) is 9.55. The molecule has 2 rings (SSSR count). The highest BCUT2D eigenvalue weighted by Gasteiger charge is 2.30. The summed E-state index contributed by atoms with van der Waals surface area (Å²) in [6.45, 7) is 5.76. The van der Waals surface area contributed by atoms with Gasteiger partial charge in [-0.05, 0) is 30.4 Å². The standard InChI is InChI=1S/C20H27BN4O4/c1-13(2)10-18(21(28)29)25-19(26)16(11-15-7-5-4-6-14(15)3)24-20(27)17-12-22-8-9-23-17/h4-9,12-13,16,18,28-29H,10-11H2,1-3H3,(H,24,27)(H,25,26). The van der Waals surface area contributed by atoms with Crippen LogP contribution >= 0.6 is 0 Å². The number of aryl methyl sites for hydroxylation is 1. The maximum Gasteiger partial charge on any atom is 0.475 e. The zero-order valence-corrected chi connectivity index (χ0v) is 16.9. The largest absolute Gasteiger partial charge is 0.475 e. The normalized spacial score (nSPS) is 12.9. The Labute approximate surface area is 170 Å². The Morgan fingerprint density at radius 1 is 1.14 bits per heavy atom. The van der Waals surface area contributed by atoms with Gasteiger partial charge in [0.25, 0.3) is 5.91 Å². The maximum atomic E-state index is 12.9. The molecule has 0 bridgehead atoms. The van der Waals surface area contributed by atoms with Crippen LogP contribution in [0.3, 0.4) is 0 Å². The average Bonchev–Trinajstić information content (AvgIpc) is 2.68. The van der Waals surface area contributed by atoms with E-state index in [1.54, 1.807) is 0 Å². The number of hydrogen-bond donors (Lipinski definition) is 4. The highest BCUT2D eigenvalue weighted by molar-refractivity contribution is 6.43. The van der Waals surface area contributed by atoms with E-state index in [0.717, 1.165) is 11.1 Å². The third-order valence-corrected chi connectivity index (χ3v) is 4.52. The van der Waals surface area contributed by atoms with Crippen molar-refractivity contribution in [2.45, 2.75) is 45.6 Å². The summed E-state index contributed by atoms with van der Waals surface area (Å²) < 4.78 is 0. The van der Waals surface area contributed by atoms with Gasteiger partial charge in [0.05, 0.1) is 12.1 Å². The predicted molar refractivity (Wildman–Crippen MR) is 110 cm³/mol. The lowest BCUT2D eigenvalue weighted by Gasteiger charge is -2.24. The van der Waals surface area contributed by atoms with E-state index in [1.807, 2.05) is 45.0 Å². The third-order valence-electron chi connectivity index (χ3n) is 4.52. The number of carbonyl (C=O) groups excluding carboxylic acids is 2. The van der Waals surface area contributed by atoms with Gasteiger partial charge in [-0.1, -0.05) is 38.1 Å². The Morgan fingerprint density at radius 3 is 2.45 bits per heavy atom. The number of benzene rings is 1. The van der Waals surface area contributed by atoms with Crippen molar-refractivity contribution >= 4 is 18.9 Å². The quantitative estimate of drug-likeness (QED) is 0.461. The van der Waals surface area contributed by atoms with Crippen molar-refractivity contribution < 1.29 is 19.6 Å². The van der Waals surface area contributed by atoms with Crippen molar-refractivity contribution in [2.75, 3.05) is 0 Å². The van der Waals surface area contributed by atoms with Gasteiger partial charge in [0.2, 0.25) is 5.91 Å². The van der Waals surface area contributed by atoms with E-state index < -0.39 is 30.9 Å². The van der Waals surface area contributed by atoms with Gasteiger partial charge in [0.1, 0.15) is 11.7 Å². The molecule has 0 aliphatic rings. The maximum absolute atomic E-state index is 12.9. The fraction of sp³-hybridized carbons (Fsp3) is 0.400. The molecule has 0 fully saturated rings. The Bertz CT molecular complexity index is 817. The average molecular weight is 398 g/mol. The van der Waals surface area contributed by atoms with E-state index >= 15 is 0 Å². The highest BCUT2D eigenvalue weighted by Crippen LogP contribution is 2.12. The van der Waals surface area contributed by atoms with Crippen molar-refractivity contribution in [1.82, 2.24) is 20.6 Å². The van der Waals surface area contributed by atoms with Gasteiger partial charge < -0.3 is 20.7 Å². The van der Waals surface area contributed by atoms with Crippen LogP contribution in [0.25, 0.3) is 0 Å². The molecule has 0 radical (unpaired) electrons. The summed E-state index contributed by atoms with van der Waals surface area (Å²) in [5, 5.41) is 24.6. The first kappa shape index (κ1) is 22.5. The van der Waals surface area contributed by atoms with E-state index in [1.165, 1.54) is 18.6 Å². The molecule has 1 aromatic heterocycles. The van der Waals surface area contributed by atoms with Crippen molar-refractivity contribution in [3.8, 4) is 0 Å². The highest BCUT2D eigenvalue weighted by atomic mass is 16.4. The van der Waals surface area contributed by atoms with Gasteiger partial charge in [-0.2, -0.15) is 0 Å². The first-order chi connectivity index (χ1) is 13.8. The molecule has 8 nitrogen and oxygen atoms in total. The molecule has 2 aromatic rings. The molecule has 2 atom stereocenters. The number of carbonyl (C=O) groups is 2. The first-order valence-electron chi connectivity index (χ1n) is 9.55. The van der Waals surface area contributed by atoms with Crippen LogP contribution in [0.15, 0.2) is 42.9 Å². The topological polar surface area (TPSA) is 124 Å². The predicted octanol–water partition coefficient (Wildman–Crippen LogP) is 0.669. The molecule has 1 aromatic carbocycles. The molecule has 0 aliphatic heterocycles. The van der Waals surface area contributed by atoms with Crippen LogP contribution in [0.1, 0.15) is 41.9 Å². The molecule has 2 amide bonds. The zero-order chi connectivity index (χ0) is 21.4. The molecule has 2 unspecified atom stereocenters. The van der Waals surface area contributed by atoms with Crippen LogP contribution < -0.4 is 10.6 Å². The Balaban J connectivity index is 2.21. The van der Waals surface area contributed by atoms with Gasteiger partial charge in [-0.15, -0.1) is 0 Å². The Morgan fingerprint density at radius 2 is 1.86 bits per heavy atom. The van der Waals surface area contributed by atoms with E-state index in [-0.39, 0.29) is 18.0 Å². The minimum absolute atomic E-state index is 0.0935. The van der Waals surface area contributed by atoms with Crippen molar-refractivity contribution in [3.05, 3.63) is 59.7 Å². The number of aromatic nitrogens is 2. The van der Waals surface area contributed by atoms with E-state index in [4.69, 9.17) is 0 Å². The monoisotopic (exact) mass is 398 g/mol. The van der Waals surface area contributed by atoms with Gasteiger partial charge in [0.15, 0.2) is 0 Å². The zero-order valence-electron chi connectivity index (χ0n) is 16.9. The molecule has 0 saturated heterocycles. The molecule has 0 spiro atoms. The van der Waals surface area contributed by atoms with Crippen LogP contribution in [0.5, 0.6) is 0 Å². The number of nitrogens with zero attached hydrogens (tertiary/aromatic N) is 2. The lowest BCUT2D eigenvalue weighted by atomic mass is 9.75. The van der Waals surface area contributed by atoms with E-state index in [2.05, 4.69) is 20.6 Å². The molecular weight excluding hydrogens is 371 g/mol. The Hall–Kier alpha value is -2.78. The van der Waals surface area contributed by atoms with Crippen molar-refractivity contribution in [3.63, 3.8) is 0 Å². The smallest absolute Gasteiger partial charge is 0.426 e. The number of nitrogens with one attached hydrogen (secondary N) is 2. The van der Waals surface area contributed by atoms with Crippen LogP contribution in [0.4, 0.5) is 0 Å². The third kappa shape index (κ3) is 6.96. The van der Waals surface area contributed by atoms with Gasteiger partial charge in [-0.3, -0.25) is 14.6 Å². The van der Waals surface area contributed by atoms with Crippen molar-refractivity contribution in [2.24, 2.45) is 5.92 Å². The SMILES string of the molecule is Cc1ccccc1CC(NC(=O)c1cnccn1)C(=O)NC(CC(C)C)B(O)O. The van der Waals surface area contributed by atoms with Gasteiger partial charge in [-0.25, -0.2) is 4.98 Å². The second kappa shape index (κ2) is 10.7. The molecular formula is C20H27BN4O4. The van der Waals surface area contributed by atoms with Crippen LogP contribution in [-0.4, -0.2) is 50.9 Å². The fourth-order valence-electron chi connectivity index (χ4n) is 2.96. The summed E-state index contributed by atoms with van der Waals surface area (Å²) in [7, 11) is -1.70. The Kier molecular flexibility index (Phi) is 8.29. The molecule has 1 heterocycles. The second-order valence-electron chi connectivity index (χ2n) is 7.41. The molecule has 29 heavy (non-hydrogen) atoms. The number of amides is 2. The van der Waals surface area contributed by atoms with Crippen LogP contribution in [-0.2, 0) is 11.2 Å².